The molecule has 0 atom stereocenters. The summed E-state index contributed by atoms with van der Waals surface area (Å²) in [7, 11) is -3.52. The monoisotopic (exact) mass is 278 g/mol. The second-order valence-electron chi connectivity index (χ2n) is 4.32. The summed E-state index contributed by atoms with van der Waals surface area (Å²) < 4.78 is 36.9. The maximum Gasteiger partial charge on any atom is 0.176 e. The summed E-state index contributed by atoms with van der Waals surface area (Å²) in [6.07, 6.45) is 2.63. The highest BCUT2D eigenvalue weighted by molar-refractivity contribution is 7.99. The lowest BCUT2D eigenvalue weighted by atomic mass is 9.98. The van der Waals surface area contributed by atoms with Gasteiger partial charge < -0.3 is 5.11 Å². The average molecular weight is 278 g/mol. The SMILES string of the molecule is CSc1c(F)cc(C(C)(C)O)cc1S(C)(=O)=O. The normalized spacial score (nSPS) is 12.8. The molecular weight excluding hydrogens is 263 g/mol. The molecule has 1 rings (SSSR count). The molecule has 0 aromatic heterocycles. The molecule has 0 radical (unpaired) electrons. The van der Waals surface area contributed by atoms with Crippen LogP contribution in [0.3, 0.4) is 0 Å². The van der Waals surface area contributed by atoms with Crippen molar-refractivity contribution in [1.29, 1.82) is 0 Å². The highest BCUT2D eigenvalue weighted by atomic mass is 32.2. The van der Waals surface area contributed by atoms with Gasteiger partial charge in [-0.3, -0.25) is 0 Å². The number of benzene rings is 1. The van der Waals surface area contributed by atoms with E-state index in [1.165, 1.54) is 26.0 Å². The quantitative estimate of drug-likeness (QED) is 0.861. The van der Waals surface area contributed by atoms with Gasteiger partial charge in [0.2, 0.25) is 0 Å². The van der Waals surface area contributed by atoms with Crippen LogP contribution in [-0.4, -0.2) is 26.0 Å². The van der Waals surface area contributed by atoms with Crippen molar-refractivity contribution in [3.63, 3.8) is 0 Å². The van der Waals surface area contributed by atoms with Gasteiger partial charge in [0.15, 0.2) is 9.84 Å². The standard InChI is InChI=1S/C11H15FO3S2/c1-11(2,13)7-5-8(12)10(16-3)9(6-7)17(4,14)15/h5-6,13H,1-4H3. The van der Waals surface area contributed by atoms with Crippen LogP contribution < -0.4 is 0 Å². The molecular formula is C11H15FO3S2. The summed E-state index contributed by atoms with van der Waals surface area (Å²) in [5.41, 5.74) is -1.04. The molecule has 17 heavy (non-hydrogen) atoms. The zero-order chi connectivity index (χ0) is 13.4. The average Bonchev–Trinajstić information content (AvgIpc) is 2.13. The van der Waals surface area contributed by atoms with E-state index in [9.17, 15) is 17.9 Å². The second-order valence-corrected chi connectivity index (χ2v) is 7.12. The minimum atomic E-state index is -3.52. The van der Waals surface area contributed by atoms with Crippen molar-refractivity contribution in [2.75, 3.05) is 12.5 Å². The Morgan fingerprint density at radius 1 is 1.35 bits per heavy atom. The first-order chi connectivity index (χ1) is 7.57. The van der Waals surface area contributed by atoms with Crippen LogP contribution in [0.5, 0.6) is 0 Å². The Labute approximate surface area is 105 Å². The summed E-state index contributed by atoms with van der Waals surface area (Å²) in [5.74, 6) is -0.627. The van der Waals surface area contributed by atoms with Crippen LogP contribution in [0.2, 0.25) is 0 Å². The summed E-state index contributed by atoms with van der Waals surface area (Å²) in [4.78, 5) is 0.00243. The largest absolute Gasteiger partial charge is 0.386 e. The first kappa shape index (κ1) is 14.5. The molecule has 0 aliphatic rings. The fraction of sp³-hybridized carbons (Fsp3) is 0.455. The van der Waals surface area contributed by atoms with Crippen LogP contribution >= 0.6 is 11.8 Å². The summed E-state index contributed by atoms with van der Waals surface area (Å²) in [5, 5.41) is 9.80. The van der Waals surface area contributed by atoms with Crippen LogP contribution in [0.4, 0.5) is 4.39 Å². The molecule has 96 valence electrons. The van der Waals surface area contributed by atoms with Crippen LogP contribution in [0.15, 0.2) is 21.9 Å². The molecule has 0 aliphatic carbocycles. The van der Waals surface area contributed by atoms with Gasteiger partial charge in [0.25, 0.3) is 0 Å². The molecule has 6 heteroatoms. The maximum atomic E-state index is 13.8. The van der Waals surface area contributed by atoms with Crippen molar-refractivity contribution in [2.45, 2.75) is 29.2 Å². The Morgan fingerprint density at radius 2 is 1.88 bits per heavy atom. The third-order valence-corrected chi connectivity index (χ3v) is 4.39. The van der Waals surface area contributed by atoms with Gasteiger partial charge >= 0.3 is 0 Å². The number of sulfone groups is 1. The number of aliphatic hydroxyl groups is 1. The Balaban J connectivity index is 3.63. The third kappa shape index (κ3) is 3.20. The van der Waals surface area contributed by atoms with Crippen molar-refractivity contribution in [3.8, 4) is 0 Å². The van der Waals surface area contributed by atoms with Gasteiger partial charge in [-0.25, -0.2) is 12.8 Å². The predicted molar refractivity (Wildman–Crippen MR) is 66.5 cm³/mol. The number of hydrogen-bond acceptors (Lipinski definition) is 4. The van der Waals surface area contributed by atoms with Gasteiger partial charge in [-0.1, -0.05) is 0 Å². The molecule has 0 heterocycles. The Kier molecular flexibility index (Phi) is 3.91. The maximum absolute atomic E-state index is 13.8. The van der Waals surface area contributed by atoms with Crippen molar-refractivity contribution in [3.05, 3.63) is 23.5 Å². The van der Waals surface area contributed by atoms with E-state index in [0.717, 1.165) is 18.0 Å². The fourth-order valence-electron chi connectivity index (χ4n) is 1.39. The van der Waals surface area contributed by atoms with E-state index in [0.29, 0.717) is 0 Å². The number of hydrogen-bond donors (Lipinski definition) is 1. The van der Waals surface area contributed by atoms with E-state index in [4.69, 9.17) is 0 Å². The van der Waals surface area contributed by atoms with E-state index >= 15 is 0 Å². The number of halogens is 1. The molecule has 0 aliphatic heterocycles. The summed E-state index contributed by atoms with van der Waals surface area (Å²) in [6, 6.07) is 2.49. The fourth-order valence-corrected chi connectivity index (χ4v) is 3.39. The third-order valence-electron chi connectivity index (χ3n) is 2.32. The van der Waals surface area contributed by atoms with Gasteiger partial charge in [0.05, 0.1) is 15.4 Å². The Bertz CT molecular complexity index is 530. The zero-order valence-electron chi connectivity index (χ0n) is 10.1. The van der Waals surface area contributed by atoms with Crippen LogP contribution in [0, 0.1) is 5.82 Å². The van der Waals surface area contributed by atoms with Crippen LogP contribution in [-0.2, 0) is 15.4 Å². The van der Waals surface area contributed by atoms with Crippen molar-refractivity contribution < 1.29 is 17.9 Å². The molecule has 1 N–H and O–H groups in total. The zero-order valence-corrected chi connectivity index (χ0v) is 11.7. The van der Waals surface area contributed by atoms with Crippen molar-refractivity contribution in [2.24, 2.45) is 0 Å². The molecule has 0 amide bonds. The summed E-state index contributed by atoms with van der Waals surface area (Å²) >= 11 is 1.03. The van der Waals surface area contributed by atoms with Crippen molar-refractivity contribution in [1.82, 2.24) is 0 Å². The van der Waals surface area contributed by atoms with Gasteiger partial charge in [0.1, 0.15) is 5.82 Å². The summed E-state index contributed by atoms with van der Waals surface area (Å²) in [6.45, 7) is 2.96. The first-order valence-electron chi connectivity index (χ1n) is 4.88. The molecule has 0 unspecified atom stereocenters. The Morgan fingerprint density at radius 3 is 2.24 bits per heavy atom. The van der Waals surface area contributed by atoms with E-state index in [1.807, 2.05) is 0 Å². The highest BCUT2D eigenvalue weighted by Crippen LogP contribution is 2.32. The molecule has 0 bridgehead atoms. The lowest BCUT2D eigenvalue weighted by molar-refractivity contribution is 0.0778. The molecule has 0 fully saturated rings. The molecule has 1 aromatic carbocycles. The van der Waals surface area contributed by atoms with E-state index in [2.05, 4.69) is 0 Å². The Hall–Kier alpha value is -0.590. The topological polar surface area (TPSA) is 54.4 Å². The minimum Gasteiger partial charge on any atom is -0.386 e. The van der Waals surface area contributed by atoms with Gasteiger partial charge in [-0.15, -0.1) is 11.8 Å². The second kappa shape index (κ2) is 4.59. The smallest absolute Gasteiger partial charge is 0.176 e. The van der Waals surface area contributed by atoms with Crippen molar-refractivity contribution >= 4 is 21.6 Å². The molecule has 0 saturated heterocycles. The number of thioether (sulfide) groups is 1. The molecule has 3 nitrogen and oxygen atoms in total. The predicted octanol–water partition coefficient (Wildman–Crippen LogP) is 2.18. The van der Waals surface area contributed by atoms with Gasteiger partial charge in [0, 0.05) is 6.26 Å². The first-order valence-corrected chi connectivity index (χ1v) is 7.99. The van der Waals surface area contributed by atoms with Gasteiger partial charge in [-0.2, -0.15) is 0 Å². The molecule has 1 aromatic rings. The van der Waals surface area contributed by atoms with Gasteiger partial charge in [-0.05, 0) is 37.8 Å². The van der Waals surface area contributed by atoms with E-state index in [-0.39, 0.29) is 15.4 Å². The van der Waals surface area contributed by atoms with Crippen LogP contribution in [0.1, 0.15) is 19.4 Å². The lowest BCUT2D eigenvalue weighted by Crippen LogP contribution is -2.17. The van der Waals surface area contributed by atoms with E-state index < -0.39 is 21.3 Å². The molecule has 0 saturated carbocycles. The molecule has 0 spiro atoms. The van der Waals surface area contributed by atoms with E-state index in [1.54, 1.807) is 6.26 Å². The number of rotatable bonds is 3. The lowest BCUT2D eigenvalue weighted by Gasteiger charge is -2.20. The van der Waals surface area contributed by atoms with Crippen LogP contribution in [0.25, 0.3) is 0 Å². The minimum absolute atomic E-state index is 0.0814. The highest BCUT2D eigenvalue weighted by Gasteiger charge is 2.24.